The molecule has 0 aromatic heterocycles. The maximum absolute atomic E-state index is 13.9. The number of halogens is 2. The molecule has 2 aromatic carbocycles. The molecule has 2 saturated heterocycles. The van der Waals surface area contributed by atoms with E-state index in [9.17, 15) is 18.4 Å². The van der Waals surface area contributed by atoms with Crippen molar-refractivity contribution in [3.05, 3.63) is 65.7 Å². The largest absolute Gasteiger partial charge is 0.332 e. The van der Waals surface area contributed by atoms with E-state index in [1.54, 1.807) is 29.2 Å². The van der Waals surface area contributed by atoms with E-state index in [0.29, 0.717) is 43.7 Å². The SMILES string of the molecule is O=C1CN(C2CCN(Cc3cc(F)ccc3F)CC2)C(=O)N1c1ccccc1. The molecule has 2 aliphatic rings. The summed E-state index contributed by atoms with van der Waals surface area (Å²) in [6.07, 6.45) is 1.39. The molecule has 0 aliphatic carbocycles. The number of carbonyl (C=O) groups is 2. The minimum absolute atomic E-state index is 0.0289. The van der Waals surface area contributed by atoms with E-state index in [1.165, 1.54) is 11.0 Å². The van der Waals surface area contributed by atoms with Gasteiger partial charge in [0.25, 0.3) is 5.91 Å². The normalized spacial score (nSPS) is 18.9. The second kappa shape index (κ2) is 7.67. The third kappa shape index (κ3) is 3.62. The Morgan fingerprint density at radius 2 is 1.68 bits per heavy atom. The van der Waals surface area contributed by atoms with E-state index in [4.69, 9.17) is 0 Å². The molecule has 2 aromatic rings. The van der Waals surface area contributed by atoms with Gasteiger partial charge in [-0.1, -0.05) is 18.2 Å². The first-order valence-corrected chi connectivity index (χ1v) is 9.38. The van der Waals surface area contributed by atoms with E-state index >= 15 is 0 Å². The van der Waals surface area contributed by atoms with E-state index < -0.39 is 11.6 Å². The van der Waals surface area contributed by atoms with Gasteiger partial charge in [-0.25, -0.2) is 18.5 Å². The zero-order chi connectivity index (χ0) is 19.7. The smallest absolute Gasteiger partial charge is 0.312 e. The molecule has 0 spiro atoms. The number of hydrogen-bond acceptors (Lipinski definition) is 3. The lowest BCUT2D eigenvalue weighted by Crippen LogP contribution is -2.46. The number of rotatable bonds is 4. The number of anilines is 1. The number of urea groups is 1. The van der Waals surface area contributed by atoms with Gasteiger partial charge in [0.15, 0.2) is 0 Å². The van der Waals surface area contributed by atoms with Crippen LogP contribution in [0.4, 0.5) is 19.3 Å². The number of piperidine rings is 1. The Morgan fingerprint density at radius 3 is 2.39 bits per heavy atom. The Balaban J connectivity index is 1.38. The minimum Gasteiger partial charge on any atom is -0.312 e. The van der Waals surface area contributed by atoms with Crippen LogP contribution in [0.25, 0.3) is 0 Å². The van der Waals surface area contributed by atoms with Crippen molar-refractivity contribution in [3.63, 3.8) is 0 Å². The number of amides is 3. The third-order valence-electron chi connectivity index (χ3n) is 5.41. The molecule has 3 amide bonds. The summed E-state index contributed by atoms with van der Waals surface area (Å²) in [5, 5.41) is 0. The van der Waals surface area contributed by atoms with Gasteiger partial charge in [-0.3, -0.25) is 9.69 Å². The topological polar surface area (TPSA) is 43.9 Å². The summed E-state index contributed by atoms with van der Waals surface area (Å²) in [6.45, 7) is 1.73. The fraction of sp³-hybridized carbons (Fsp3) is 0.333. The number of para-hydroxylation sites is 1. The molecule has 0 atom stereocenters. The molecule has 0 unspecified atom stereocenters. The summed E-state index contributed by atoms with van der Waals surface area (Å²) in [5.74, 6) is -1.09. The number of carbonyl (C=O) groups excluding carboxylic acids is 2. The summed E-state index contributed by atoms with van der Waals surface area (Å²) in [4.78, 5) is 30.1. The zero-order valence-corrected chi connectivity index (χ0v) is 15.4. The summed E-state index contributed by atoms with van der Waals surface area (Å²) in [5.41, 5.74) is 0.917. The van der Waals surface area contributed by atoms with Crippen LogP contribution in [0.1, 0.15) is 18.4 Å². The molecule has 0 bridgehead atoms. The summed E-state index contributed by atoms with van der Waals surface area (Å²) >= 11 is 0. The van der Waals surface area contributed by atoms with Gasteiger partial charge in [0, 0.05) is 31.2 Å². The number of imide groups is 1. The van der Waals surface area contributed by atoms with Gasteiger partial charge < -0.3 is 4.90 Å². The van der Waals surface area contributed by atoms with Crippen LogP contribution < -0.4 is 4.90 Å². The molecule has 2 heterocycles. The Bertz CT molecular complexity index is 882. The molecule has 0 N–H and O–H groups in total. The predicted octanol–water partition coefficient (Wildman–Crippen LogP) is 3.40. The van der Waals surface area contributed by atoms with Gasteiger partial charge in [-0.05, 0) is 43.2 Å². The van der Waals surface area contributed by atoms with E-state index in [0.717, 1.165) is 12.1 Å². The maximum atomic E-state index is 13.9. The molecule has 146 valence electrons. The number of nitrogens with zero attached hydrogens (tertiary/aromatic N) is 3. The van der Waals surface area contributed by atoms with Gasteiger partial charge in [0.1, 0.15) is 18.2 Å². The number of hydrogen-bond donors (Lipinski definition) is 0. The fourth-order valence-electron chi connectivity index (χ4n) is 3.93. The average molecular weight is 385 g/mol. The molecule has 2 aliphatic heterocycles. The molecule has 5 nitrogen and oxygen atoms in total. The van der Waals surface area contributed by atoms with E-state index in [1.807, 2.05) is 11.0 Å². The van der Waals surface area contributed by atoms with Crippen LogP contribution in [-0.2, 0) is 11.3 Å². The van der Waals surface area contributed by atoms with Crippen LogP contribution in [0, 0.1) is 11.6 Å². The van der Waals surface area contributed by atoms with Crippen molar-refractivity contribution in [2.24, 2.45) is 0 Å². The second-order valence-electron chi connectivity index (χ2n) is 7.22. The second-order valence-corrected chi connectivity index (χ2v) is 7.22. The Hall–Kier alpha value is -2.80. The third-order valence-corrected chi connectivity index (χ3v) is 5.41. The van der Waals surface area contributed by atoms with Gasteiger partial charge >= 0.3 is 6.03 Å². The van der Waals surface area contributed by atoms with Gasteiger partial charge in [-0.2, -0.15) is 0 Å². The van der Waals surface area contributed by atoms with Crippen LogP contribution >= 0.6 is 0 Å². The molecule has 0 saturated carbocycles. The van der Waals surface area contributed by atoms with E-state index in [2.05, 4.69) is 0 Å². The van der Waals surface area contributed by atoms with Crippen molar-refractivity contribution >= 4 is 17.6 Å². The Morgan fingerprint density at radius 1 is 0.964 bits per heavy atom. The highest BCUT2D eigenvalue weighted by atomic mass is 19.1. The highest BCUT2D eigenvalue weighted by Gasteiger charge is 2.41. The summed E-state index contributed by atoms with van der Waals surface area (Å²) < 4.78 is 27.2. The maximum Gasteiger partial charge on any atom is 0.332 e. The number of benzene rings is 2. The van der Waals surface area contributed by atoms with Gasteiger partial charge in [0.05, 0.1) is 5.69 Å². The van der Waals surface area contributed by atoms with Crippen LogP contribution in [0.15, 0.2) is 48.5 Å². The van der Waals surface area contributed by atoms with Crippen molar-refractivity contribution in [2.45, 2.75) is 25.4 Å². The Kier molecular flexibility index (Phi) is 5.09. The highest BCUT2D eigenvalue weighted by Crippen LogP contribution is 2.27. The van der Waals surface area contributed by atoms with Crippen LogP contribution in [0.5, 0.6) is 0 Å². The molecular weight excluding hydrogens is 364 g/mol. The molecule has 2 fully saturated rings. The van der Waals surface area contributed by atoms with Crippen molar-refractivity contribution in [1.82, 2.24) is 9.80 Å². The summed E-state index contributed by atoms with van der Waals surface area (Å²) in [7, 11) is 0. The predicted molar refractivity (Wildman–Crippen MR) is 101 cm³/mol. The van der Waals surface area contributed by atoms with Crippen LogP contribution in [-0.4, -0.2) is 47.4 Å². The Labute approximate surface area is 162 Å². The quantitative estimate of drug-likeness (QED) is 0.758. The van der Waals surface area contributed by atoms with Crippen LogP contribution in [0.3, 0.4) is 0 Å². The molecular formula is C21H21F2N3O2. The summed E-state index contributed by atoms with van der Waals surface area (Å²) in [6, 6.07) is 12.1. The molecule has 0 radical (unpaired) electrons. The lowest BCUT2D eigenvalue weighted by Gasteiger charge is -2.36. The van der Waals surface area contributed by atoms with Crippen LogP contribution in [0.2, 0.25) is 0 Å². The van der Waals surface area contributed by atoms with Crippen molar-refractivity contribution in [2.75, 3.05) is 24.5 Å². The van der Waals surface area contributed by atoms with Crippen molar-refractivity contribution in [3.8, 4) is 0 Å². The van der Waals surface area contributed by atoms with E-state index in [-0.39, 0.29) is 24.5 Å². The molecule has 4 rings (SSSR count). The lowest BCUT2D eigenvalue weighted by atomic mass is 10.0. The zero-order valence-electron chi connectivity index (χ0n) is 15.4. The number of likely N-dealkylation sites (tertiary alicyclic amines) is 1. The highest BCUT2D eigenvalue weighted by molar-refractivity contribution is 6.19. The first-order valence-electron chi connectivity index (χ1n) is 9.38. The van der Waals surface area contributed by atoms with Crippen molar-refractivity contribution < 1.29 is 18.4 Å². The fourth-order valence-corrected chi connectivity index (χ4v) is 3.93. The van der Waals surface area contributed by atoms with Gasteiger partial charge in [-0.15, -0.1) is 0 Å². The van der Waals surface area contributed by atoms with Gasteiger partial charge in [0.2, 0.25) is 0 Å². The van der Waals surface area contributed by atoms with Crippen molar-refractivity contribution in [1.29, 1.82) is 0 Å². The monoisotopic (exact) mass is 385 g/mol. The minimum atomic E-state index is -0.450. The lowest BCUT2D eigenvalue weighted by molar-refractivity contribution is -0.116. The average Bonchev–Trinajstić information content (AvgIpc) is 3.00. The molecule has 28 heavy (non-hydrogen) atoms. The molecule has 7 heteroatoms. The standard InChI is InChI=1S/C21H21F2N3O2/c22-16-6-7-19(23)15(12-16)13-24-10-8-17(9-11-24)25-14-20(27)26(21(25)28)18-4-2-1-3-5-18/h1-7,12,17H,8-11,13-14H2. The first kappa shape index (κ1) is 18.6. The first-order chi connectivity index (χ1) is 13.5.